The molecular weight excluding hydrogens is 359 g/mol. The van der Waals surface area contributed by atoms with E-state index in [4.69, 9.17) is 0 Å². The Hall–Kier alpha value is -2.77. The van der Waals surface area contributed by atoms with Gasteiger partial charge in [0.2, 0.25) is 11.8 Å². The summed E-state index contributed by atoms with van der Waals surface area (Å²) in [6, 6.07) is 10.2. The zero-order chi connectivity index (χ0) is 19.8. The van der Waals surface area contributed by atoms with Crippen molar-refractivity contribution >= 4 is 23.2 Å². The van der Waals surface area contributed by atoms with E-state index in [9.17, 15) is 14.0 Å². The zero-order valence-electron chi connectivity index (χ0n) is 15.9. The third-order valence-electron chi connectivity index (χ3n) is 5.43. The number of nitrogens with zero attached hydrogens (tertiary/aromatic N) is 1. The molecule has 2 aliphatic rings. The maximum Gasteiger partial charge on any atom is 0.242 e. The Morgan fingerprint density at radius 1 is 1.18 bits per heavy atom. The number of carbonyl (C=O) groups is 2. The van der Waals surface area contributed by atoms with Crippen LogP contribution in [0.3, 0.4) is 0 Å². The molecule has 3 N–H and O–H groups in total. The number of anilines is 2. The van der Waals surface area contributed by atoms with Crippen molar-refractivity contribution in [2.75, 3.05) is 16.8 Å². The van der Waals surface area contributed by atoms with Crippen LogP contribution in [0.1, 0.15) is 36.1 Å². The fourth-order valence-corrected chi connectivity index (χ4v) is 3.84. The third kappa shape index (κ3) is 3.50. The average molecular weight is 382 g/mol. The standard InChI is InChI=1S/C21H23FN4O2/c1-12-9-15(4-6-17(12)22)18-11-19(25-24-18)21(28)23-16-5-3-14-7-8-26(13(2)27)20(14)10-16/h3-6,9-10,18-19,24-25H,7-8,11H2,1-2H3,(H,23,28). The van der Waals surface area contributed by atoms with Gasteiger partial charge in [0.1, 0.15) is 11.9 Å². The predicted molar refractivity (Wildman–Crippen MR) is 105 cm³/mol. The predicted octanol–water partition coefficient (Wildman–Crippen LogP) is 2.59. The quantitative estimate of drug-likeness (QED) is 0.763. The summed E-state index contributed by atoms with van der Waals surface area (Å²) in [5, 5.41) is 2.93. The summed E-state index contributed by atoms with van der Waals surface area (Å²) in [7, 11) is 0. The van der Waals surface area contributed by atoms with Gasteiger partial charge in [-0.3, -0.25) is 9.59 Å². The Balaban J connectivity index is 1.43. The van der Waals surface area contributed by atoms with E-state index in [1.165, 1.54) is 6.07 Å². The number of hydrogen-bond acceptors (Lipinski definition) is 4. The molecule has 4 rings (SSSR count). The molecule has 2 aliphatic heterocycles. The summed E-state index contributed by atoms with van der Waals surface area (Å²) >= 11 is 0. The summed E-state index contributed by atoms with van der Waals surface area (Å²) in [6.45, 7) is 3.95. The smallest absolute Gasteiger partial charge is 0.242 e. The van der Waals surface area contributed by atoms with Gasteiger partial charge in [0, 0.05) is 30.9 Å². The van der Waals surface area contributed by atoms with Crippen LogP contribution in [-0.4, -0.2) is 24.4 Å². The normalized spacial score (nSPS) is 20.9. The molecule has 1 saturated heterocycles. The van der Waals surface area contributed by atoms with E-state index in [2.05, 4.69) is 16.2 Å². The first kappa shape index (κ1) is 18.6. The summed E-state index contributed by atoms with van der Waals surface area (Å²) in [4.78, 5) is 26.2. The number of nitrogens with one attached hydrogen (secondary N) is 3. The van der Waals surface area contributed by atoms with Gasteiger partial charge >= 0.3 is 0 Å². The van der Waals surface area contributed by atoms with E-state index < -0.39 is 6.04 Å². The molecule has 0 bridgehead atoms. The van der Waals surface area contributed by atoms with E-state index in [-0.39, 0.29) is 23.7 Å². The highest BCUT2D eigenvalue weighted by Crippen LogP contribution is 2.31. The van der Waals surface area contributed by atoms with Crippen molar-refractivity contribution in [3.63, 3.8) is 0 Å². The molecule has 2 aromatic carbocycles. The molecule has 146 valence electrons. The minimum absolute atomic E-state index is 0.00122. The van der Waals surface area contributed by atoms with Gasteiger partial charge in [-0.15, -0.1) is 0 Å². The van der Waals surface area contributed by atoms with E-state index in [0.717, 1.165) is 23.2 Å². The number of carbonyl (C=O) groups excluding carboxylic acids is 2. The van der Waals surface area contributed by atoms with Crippen molar-refractivity contribution in [2.45, 2.75) is 38.8 Å². The molecule has 0 aromatic heterocycles. The van der Waals surface area contributed by atoms with Gasteiger partial charge < -0.3 is 10.2 Å². The second-order valence-corrected chi connectivity index (χ2v) is 7.39. The average Bonchev–Trinajstić information content (AvgIpc) is 3.31. The van der Waals surface area contributed by atoms with Gasteiger partial charge in [-0.05, 0) is 54.7 Å². The number of benzene rings is 2. The molecule has 2 unspecified atom stereocenters. The minimum atomic E-state index is -0.410. The SMILES string of the molecule is CC(=O)N1CCc2ccc(NC(=O)C3CC(c4ccc(F)c(C)c4)NN3)cc21. The number of rotatable bonds is 3. The van der Waals surface area contributed by atoms with E-state index in [1.807, 2.05) is 18.2 Å². The van der Waals surface area contributed by atoms with Crippen LogP contribution in [-0.2, 0) is 16.0 Å². The largest absolute Gasteiger partial charge is 0.325 e. The van der Waals surface area contributed by atoms with Gasteiger partial charge in [-0.25, -0.2) is 15.2 Å². The lowest BCUT2D eigenvalue weighted by molar-refractivity contribution is -0.118. The molecular formula is C21H23FN4O2. The van der Waals surface area contributed by atoms with Crippen LogP contribution in [0.15, 0.2) is 36.4 Å². The molecule has 2 atom stereocenters. The molecule has 0 spiro atoms. The molecule has 0 aliphatic carbocycles. The molecule has 0 saturated carbocycles. The Kier molecular flexibility index (Phi) is 4.87. The molecule has 0 radical (unpaired) electrons. The number of amides is 2. The van der Waals surface area contributed by atoms with Crippen LogP contribution in [0.25, 0.3) is 0 Å². The molecule has 7 heteroatoms. The zero-order valence-corrected chi connectivity index (χ0v) is 15.9. The topological polar surface area (TPSA) is 73.5 Å². The van der Waals surface area contributed by atoms with Crippen LogP contribution in [0.2, 0.25) is 0 Å². The minimum Gasteiger partial charge on any atom is -0.325 e. The van der Waals surface area contributed by atoms with Crippen molar-refractivity contribution in [1.29, 1.82) is 0 Å². The van der Waals surface area contributed by atoms with Crippen molar-refractivity contribution < 1.29 is 14.0 Å². The Morgan fingerprint density at radius 3 is 2.75 bits per heavy atom. The van der Waals surface area contributed by atoms with Crippen molar-refractivity contribution in [2.24, 2.45) is 0 Å². The molecule has 2 heterocycles. The molecule has 2 aromatic rings. The third-order valence-corrected chi connectivity index (χ3v) is 5.43. The first-order chi connectivity index (χ1) is 13.4. The molecule has 28 heavy (non-hydrogen) atoms. The number of hydrazine groups is 1. The summed E-state index contributed by atoms with van der Waals surface area (Å²) in [6.07, 6.45) is 1.39. The Bertz CT molecular complexity index is 946. The fraction of sp³-hybridized carbons (Fsp3) is 0.333. The van der Waals surface area contributed by atoms with E-state index >= 15 is 0 Å². The van der Waals surface area contributed by atoms with Gasteiger partial charge in [-0.2, -0.15) is 0 Å². The van der Waals surface area contributed by atoms with E-state index in [1.54, 1.807) is 30.9 Å². The van der Waals surface area contributed by atoms with Gasteiger partial charge in [0.05, 0.1) is 0 Å². The van der Waals surface area contributed by atoms with Crippen LogP contribution >= 0.6 is 0 Å². The lowest BCUT2D eigenvalue weighted by Crippen LogP contribution is -2.39. The molecule has 6 nitrogen and oxygen atoms in total. The lowest BCUT2D eigenvalue weighted by atomic mass is 10.00. The first-order valence-electron chi connectivity index (χ1n) is 9.41. The lowest BCUT2D eigenvalue weighted by Gasteiger charge is -2.16. The van der Waals surface area contributed by atoms with Crippen molar-refractivity contribution in [1.82, 2.24) is 10.9 Å². The summed E-state index contributed by atoms with van der Waals surface area (Å²) in [5.74, 6) is -0.386. The van der Waals surface area contributed by atoms with Crippen LogP contribution < -0.4 is 21.1 Å². The van der Waals surface area contributed by atoms with Crippen LogP contribution in [0, 0.1) is 12.7 Å². The fourth-order valence-electron chi connectivity index (χ4n) is 3.84. The summed E-state index contributed by atoms with van der Waals surface area (Å²) in [5.41, 5.74) is 10.3. The van der Waals surface area contributed by atoms with Crippen molar-refractivity contribution in [3.8, 4) is 0 Å². The van der Waals surface area contributed by atoms with Crippen molar-refractivity contribution in [3.05, 3.63) is 58.9 Å². The van der Waals surface area contributed by atoms with E-state index in [0.29, 0.717) is 24.2 Å². The monoisotopic (exact) mass is 382 g/mol. The van der Waals surface area contributed by atoms with Gasteiger partial charge in [0.25, 0.3) is 0 Å². The van der Waals surface area contributed by atoms with Crippen LogP contribution in [0.4, 0.5) is 15.8 Å². The second kappa shape index (κ2) is 7.33. The maximum absolute atomic E-state index is 13.5. The van der Waals surface area contributed by atoms with Gasteiger partial charge in [0.15, 0.2) is 0 Å². The Labute approximate surface area is 163 Å². The molecule has 1 fully saturated rings. The van der Waals surface area contributed by atoms with Crippen LogP contribution in [0.5, 0.6) is 0 Å². The number of hydrogen-bond donors (Lipinski definition) is 3. The second-order valence-electron chi connectivity index (χ2n) is 7.39. The number of halogens is 1. The maximum atomic E-state index is 13.5. The first-order valence-corrected chi connectivity index (χ1v) is 9.41. The highest BCUT2D eigenvalue weighted by Gasteiger charge is 2.31. The highest BCUT2D eigenvalue weighted by atomic mass is 19.1. The Morgan fingerprint density at radius 2 is 2.00 bits per heavy atom. The van der Waals surface area contributed by atoms with Gasteiger partial charge in [-0.1, -0.05) is 18.2 Å². The molecule has 2 amide bonds. The summed E-state index contributed by atoms with van der Waals surface area (Å²) < 4.78 is 13.5. The number of fused-ring (bicyclic) bond motifs is 1. The highest BCUT2D eigenvalue weighted by molar-refractivity contribution is 5.98. The number of aryl methyl sites for hydroxylation is 1.